The van der Waals surface area contributed by atoms with Crippen LogP contribution in [0.2, 0.25) is 5.02 Å². The van der Waals surface area contributed by atoms with E-state index in [0.29, 0.717) is 5.02 Å². The molecule has 2 N–H and O–H groups in total. The summed E-state index contributed by atoms with van der Waals surface area (Å²) in [5, 5.41) is 6.82. The third kappa shape index (κ3) is 4.83. The number of aryl methyl sites for hydroxylation is 1. The highest BCUT2D eigenvalue weighted by atomic mass is 79.9. The lowest BCUT2D eigenvalue weighted by atomic mass is 10.1. The minimum absolute atomic E-state index is 0.0637. The van der Waals surface area contributed by atoms with Crippen molar-refractivity contribution in [2.24, 2.45) is 0 Å². The highest BCUT2D eigenvalue weighted by Gasteiger charge is 2.09. The fourth-order valence-corrected chi connectivity index (χ4v) is 2.68. The van der Waals surface area contributed by atoms with Gasteiger partial charge in [-0.1, -0.05) is 39.7 Å². The quantitative estimate of drug-likeness (QED) is 0.788. The van der Waals surface area contributed by atoms with Gasteiger partial charge in [-0.25, -0.2) is 0 Å². The highest BCUT2D eigenvalue weighted by molar-refractivity contribution is 9.10. The largest absolute Gasteiger partial charge is 0.325 e. The normalized spacial score (nSPS) is 12.0. The second kappa shape index (κ2) is 7.77. The molecule has 0 aliphatic carbocycles. The van der Waals surface area contributed by atoms with Crippen molar-refractivity contribution in [3.05, 3.63) is 63.1 Å². The van der Waals surface area contributed by atoms with Gasteiger partial charge in [0.25, 0.3) is 0 Å². The predicted octanol–water partition coefficient (Wildman–Crippen LogP) is 4.70. The van der Waals surface area contributed by atoms with Gasteiger partial charge in [0.2, 0.25) is 5.91 Å². The first-order valence-electron chi connectivity index (χ1n) is 7.00. The molecule has 22 heavy (non-hydrogen) atoms. The van der Waals surface area contributed by atoms with Crippen LogP contribution in [0.4, 0.5) is 5.69 Å². The number of hydrogen-bond acceptors (Lipinski definition) is 2. The van der Waals surface area contributed by atoms with Gasteiger partial charge in [-0.15, -0.1) is 0 Å². The summed E-state index contributed by atoms with van der Waals surface area (Å²) in [6, 6.07) is 13.5. The summed E-state index contributed by atoms with van der Waals surface area (Å²) in [5.74, 6) is -0.0637. The first kappa shape index (κ1) is 17.0. The van der Waals surface area contributed by atoms with E-state index in [2.05, 4.69) is 26.6 Å². The van der Waals surface area contributed by atoms with Crippen LogP contribution < -0.4 is 10.6 Å². The fraction of sp³-hybridized carbons (Fsp3) is 0.235. The number of carbonyl (C=O) groups excluding carboxylic acids is 1. The van der Waals surface area contributed by atoms with Crippen molar-refractivity contribution in [3.8, 4) is 0 Å². The Balaban J connectivity index is 1.88. The molecular weight excluding hydrogens is 364 g/mol. The van der Waals surface area contributed by atoms with Crippen LogP contribution in [0.15, 0.2) is 46.9 Å². The van der Waals surface area contributed by atoms with E-state index in [1.165, 1.54) is 0 Å². The molecule has 116 valence electrons. The number of halogens is 2. The number of rotatable bonds is 5. The maximum absolute atomic E-state index is 12.0. The third-order valence-electron chi connectivity index (χ3n) is 3.40. The van der Waals surface area contributed by atoms with Gasteiger partial charge in [-0.2, -0.15) is 0 Å². The molecule has 0 saturated heterocycles. The van der Waals surface area contributed by atoms with Crippen LogP contribution in [0.25, 0.3) is 0 Å². The van der Waals surface area contributed by atoms with E-state index in [0.717, 1.165) is 21.3 Å². The van der Waals surface area contributed by atoms with Gasteiger partial charge in [-0.05, 0) is 55.3 Å². The molecule has 0 heterocycles. The summed E-state index contributed by atoms with van der Waals surface area (Å²) < 4.78 is 0.998. The summed E-state index contributed by atoms with van der Waals surface area (Å²) in [5.41, 5.74) is 2.94. The van der Waals surface area contributed by atoms with Crippen LogP contribution in [-0.4, -0.2) is 12.5 Å². The molecule has 0 saturated carbocycles. The van der Waals surface area contributed by atoms with Gasteiger partial charge in [0.15, 0.2) is 0 Å². The Bertz CT molecular complexity index is 658. The molecule has 5 heteroatoms. The lowest BCUT2D eigenvalue weighted by molar-refractivity contribution is -0.115. The van der Waals surface area contributed by atoms with E-state index in [1.807, 2.05) is 56.3 Å². The standard InChI is InChI=1S/C17H18BrClN2O/c1-11-9-14(18)5-8-16(11)21-17(22)10-20-12(2)13-3-6-15(19)7-4-13/h3-9,12,20H,10H2,1-2H3,(H,21,22)/t12-/m1/s1. The maximum atomic E-state index is 12.0. The maximum Gasteiger partial charge on any atom is 0.238 e. The van der Waals surface area contributed by atoms with Crippen molar-refractivity contribution in [1.29, 1.82) is 0 Å². The van der Waals surface area contributed by atoms with E-state index in [-0.39, 0.29) is 18.5 Å². The van der Waals surface area contributed by atoms with Gasteiger partial charge in [0, 0.05) is 21.2 Å². The predicted molar refractivity (Wildman–Crippen MR) is 95.4 cm³/mol. The van der Waals surface area contributed by atoms with E-state index in [4.69, 9.17) is 11.6 Å². The molecular formula is C17H18BrClN2O. The molecule has 0 radical (unpaired) electrons. The van der Waals surface area contributed by atoms with Gasteiger partial charge < -0.3 is 10.6 Å². The summed E-state index contributed by atoms with van der Waals surface area (Å²) in [7, 11) is 0. The smallest absolute Gasteiger partial charge is 0.238 e. The Morgan fingerprint density at radius 1 is 1.23 bits per heavy atom. The Morgan fingerprint density at radius 3 is 2.55 bits per heavy atom. The van der Waals surface area contributed by atoms with Crippen molar-refractivity contribution in [3.63, 3.8) is 0 Å². The van der Waals surface area contributed by atoms with Gasteiger partial charge >= 0.3 is 0 Å². The molecule has 0 bridgehead atoms. The van der Waals surface area contributed by atoms with Crippen LogP contribution in [0.1, 0.15) is 24.1 Å². The molecule has 2 aromatic rings. The molecule has 0 spiro atoms. The van der Waals surface area contributed by atoms with Crippen molar-refractivity contribution in [1.82, 2.24) is 5.32 Å². The zero-order chi connectivity index (χ0) is 16.1. The van der Waals surface area contributed by atoms with Crippen LogP contribution in [-0.2, 0) is 4.79 Å². The van der Waals surface area contributed by atoms with Gasteiger partial charge in [-0.3, -0.25) is 4.79 Å². The average molecular weight is 382 g/mol. The molecule has 0 aliphatic rings. The zero-order valence-electron chi connectivity index (χ0n) is 12.5. The van der Waals surface area contributed by atoms with Crippen LogP contribution >= 0.6 is 27.5 Å². The number of nitrogens with one attached hydrogen (secondary N) is 2. The first-order chi connectivity index (χ1) is 10.5. The summed E-state index contributed by atoms with van der Waals surface area (Å²) >= 11 is 9.28. The summed E-state index contributed by atoms with van der Waals surface area (Å²) in [6.45, 7) is 4.23. The molecule has 0 aliphatic heterocycles. The molecule has 2 aromatic carbocycles. The van der Waals surface area contributed by atoms with E-state index < -0.39 is 0 Å². The van der Waals surface area contributed by atoms with Crippen LogP contribution in [0.3, 0.4) is 0 Å². The minimum Gasteiger partial charge on any atom is -0.325 e. The summed E-state index contributed by atoms with van der Waals surface area (Å²) in [6.07, 6.45) is 0. The number of benzene rings is 2. The summed E-state index contributed by atoms with van der Waals surface area (Å²) in [4.78, 5) is 12.0. The molecule has 2 rings (SSSR count). The van der Waals surface area contributed by atoms with Crippen LogP contribution in [0, 0.1) is 6.92 Å². The Hall–Kier alpha value is -1.36. The molecule has 1 amide bonds. The van der Waals surface area contributed by atoms with Crippen molar-refractivity contribution in [2.75, 3.05) is 11.9 Å². The van der Waals surface area contributed by atoms with Crippen molar-refractivity contribution in [2.45, 2.75) is 19.9 Å². The second-order valence-corrected chi connectivity index (χ2v) is 6.51. The lowest BCUT2D eigenvalue weighted by Crippen LogP contribution is -2.30. The van der Waals surface area contributed by atoms with Gasteiger partial charge in [0.1, 0.15) is 0 Å². The second-order valence-electron chi connectivity index (χ2n) is 5.16. The number of amides is 1. The Labute approximate surface area is 144 Å². The topological polar surface area (TPSA) is 41.1 Å². The van der Waals surface area contributed by atoms with E-state index in [1.54, 1.807) is 0 Å². The fourth-order valence-electron chi connectivity index (χ4n) is 2.08. The van der Waals surface area contributed by atoms with Crippen molar-refractivity contribution >= 4 is 39.1 Å². The molecule has 3 nitrogen and oxygen atoms in total. The van der Waals surface area contributed by atoms with Crippen LogP contribution in [0.5, 0.6) is 0 Å². The Morgan fingerprint density at radius 2 is 1.91 bits per heavy atom. The monoisotopic (exact) mass is 380 g/mol. The van der Waals surface area contributed by atoms with E-state index >= 15 is 0 Å². The van der Waals surface area contributed by atoms with Gasteiger partial charge in [0.05, 0.1) is 6.54 Å². The SMILES string of the molecule is Cc1cc(Br)ccc1NC(=O)CN[C@H](C)c1ccc(Cl)cc1. The van der Waals surface area contributed by atoms with Crippen molar-refractivity contribution < 1.29 is 4.79 Å². The first-order valence-corrected chi connectivity index (χ1v) is 8.17. The lowest BCUT2D eigenvalue weighted by Gasteiger charge is -2.15. The molecule has 0 fully saturated rings. The molecule has 1 atom stereocenters. The number of carbonyl (C=O) groups is 1. The highest BCUT2D eigenvalue weighted by Crippen LogP contribution is 2.20. The molecule has 0 aromatic heterocycles. The number of hydrogen-bond donors (Lipinski definition) is 2. The molecule has 0 unspecified atom stereocenters. The van der Waals surface area contributed by atoms with E-state index in [9.17, 15) is 4.79 Å². The zero-order valence-corrected chi connectivity index (χ0v) is 14.8. The third-order valence-corrected chi connectivity index (χ3v) is 4.15. The Kier molecular flexibility index (Phi) is 6.00. The number of anilines is 1. The average Bonchev–Trinajstić information content (AvgIpc) is 2.48. The minimum atomic E-state index is -0.0637.